The lowest BCUT2D eigenvalue weighted by molar-refractivity contribution is -0.113. The van der Waals surface area contributed by atoms with Gasteiger partial charge in [-0.2, -0.15) is 0 Å². The van der Waals surface area contributed by atoms with Crippen LogP contribution < -0.4 is 16.0 Å². The fraction of sp³-hybridized carbons (Fsp3) is 0.185. The van der Waals surface area contributed by atoms with Gasteiger partial charge in [0.25, 0.3) is 11.8 Å². The van der Waals surface area contributed by atoms with Gasteiger partial charge in [0.05, 0.1) is 23.3 Å². The molecule has 0 fully saturated rings. The van der Waals surface area contributed by atoms with E-state index in [0.717, 1.165) is 22.5 Å². The first-order valence-corrected chi connectivity index (χ1v) is 10.8. The molecule has 0 radical (unpaired) electrons. The number of aryl methyl sites for hydroxylation is 2. The quantitative estimate of drug-likeness (QED) is 0.494. The molecule has 1 aliphatic rings. The highest BCUT2D eigenvalue weighted by molar-refractivity contribution is 6.12. The maximum Gasteiger partial charge on any atom is 0.254 e. The minimum Gasteiger partial charge on any atom is -0.468 e. The maximum absolute atomic E-state index is 13.5. The van der Waals surface area contributed by atoms with Gasteiger partial charge in [0, 0.05) is 22.8 Å². The van der Waals surface area contributed by atoms with Crippen LogP contribution in [0, 0.1) is 13.8 Å². The second kappa shape index (κ2) is 9.20. The van der Waals surface area contributed by atoms with E-state index in [-0.39, 0.29) is 11.8 Å². The van der Waals surface area contributed by atoms with E-state index in [1.807, 2.05) is 76.2 Å². The molecule has 0 saturated carbocycles. The fourth-order valence-electron chi connectivity index (χ4n) is 4.14. The van der Waals surface area contributed by atoms with Crippen LogP contribution >= 0.6 is 0 Å². The minimum absolute atomic E-state index is 0.288. The van der Waals surface area contributed by atoms with Crippen LogP contribution in [0.25, 0.3) is 0 Å². The first-order chi connectivity index (χ1) is 15.9. The number of carbonyl (C=O) groups excluding carboxylic acids is 2. The number of rotatable bonds is 5. The maximum atomic E-state index is 13.5. The highest BCUT2D eigenvalue weighted by atomic mass is 16.3. The number of benzene rings is 2. The number of hydrogen-bond acceptors (Lipinski definition) is 4. The zero-order valence-corrected chi connectivity index (χ0v) is 19.2. The van der Waals surface area contributed by atoms with Gasteiger partial charge < -0.3 is 20.4 Å². The van der Waals surface area contributed by atoms with Crippen LogP contribution in [0.15, 0.2) is 93.9 Å². The van der Waals surface area contributed by atoms with Gasteiger partial charge in [-0.1, -0.05) is 36.4 Å². The SMILES string of the molecule is CC1=C(C(=O)Nc2ccccc2C)C(c2ccco2)C(C(=O)Nc2ccccc2C)=C(C)N1. The van der Waals surface area contributed by atoms with Gasteiger partial charge in [-0.25, -0.2) is 0 Å². The van der Waals surface area contributed by atoms with Crippen LogP contribution in [-0.4, -0.2) is 11.8 Å². The van der Waals surface area contributed by atoms with Crippen molar-refractivity contribution in [2.24, 2.45) is 0 Å². The Hall–Kier alpha value is -4.06. The molecule has 6 nitrogen and oxygen atoms in total. The predicted octanol–water partition coefficient (Wildman–Crippen LogP) is 5.41. The number of anilines is 2. The lowest BCUT2D eigenvalue weighted by Gasteiger charge is -2.30. The van der Waals surface area contributed by atoms with Crippen molar-refractivity contribution >= 4 is 23.2 Å². The van der Waals surface area contributed by atoms with E-state index >= 15 is 0 Å². The average molecular weight is 442 g/mol. The summed E-state index contributed by atoms with van der Waals surface area (Å²) in [5.74, 6) is -0.705. The van der Waals surface area contributed by atoms with E-state index < -0.39 is 5.92 Å². The number of para-hydroxylation sites is 2. The summed E-state index contributed by atoms with van der Waals surface area (Å²) in [4.78, 5) is 27.0. The van der Waals surface area contributed by atoms with Gasteiger partial charge >= 0.3 is 0 Å². The summed E-state index contributed by atoms with van der Waals surface area (Å²) in [5, 5.41) is 9.24. The Balaban J connectivity index is 1.73. The molecule has 6 heteroatoms. The average Bonchev–Trinajstić information content (AvgIpc) is 3.31. The number of hydrogen-bond donors (Lipinski definition) is 3. The molecule has 3 aromatic rings. The molecule has 2 heterocycles. The third kappa shape index (κ3) is 4.46. The van der Waals surface area contributed by atoms with Crippen LogP contribution in [0.3, 0.4) is 0 Å². The summed E-state index contributed by atoms with van der Waals surface area (Å²) in [5.41, 5.74) is 5.57. The van der Waals surface area contributed by atoms with Crippen molar-refractivity contribution in [1.29, 1.82) is 0 Å². The van der Waals surface area contributed by atoms with E-state index in [1.54, 1.807) is 18.4 Å². The lowest BCUT2D eigenvalue weighted by atomic mass is 9.82. The van der Waals surface area contributed by atoms with Crippen molar-refractivity contribution in [2.45, 2.75) is 33.6 Å². The summed E-state index contributed by atoms with van der Waals surface area (Å²) >= 11 is 0. The van der Waals surface area contributed by atoms with Gasteiger partial charge in [-0.15, -0.1) is 0 Å². The summed E-state index contributed by atoms with van der Waals surface area (Å²) in [6, 6.07) is 18.7. The Morgan fingerprint density at radius 1 is 0.727 bits per heavy atom. The topological polar surface area (TPSA) is 83.4 Å². The van der Waals surface area contributed by atoms with E-state index in [9.17, 15) is 9.59 Å². The second-order valence-corrected chi connectivity index (χ2v) is 8.19. The zero-order valence-electron chi connectivity index (χ0n) is 19.2. The molecule has 168 valence electrons. The largest absolute Gasteiger partial charge is 0.468 e. The van der Waals surface area contributed by atoms with Crippen LogP contribution in [0.4, 0.5) is 11.4 Å². The van der Waals surface area contributed by atoms with E-state index in [0.29, 0.717) is 28.3 Å². The van der Waals surface area contributed by atoms with Crippen LogP contribution in [0.2, 0.25) is 0 Å². The van der Waals surface area contributed by atoms with Crippen molar-refractivity contribution < 1.29 is 14.0 Å². The molecule has 1 aliphatic heterocycles. The molecule has 0 spiro atoms. The normalized spacial score (nSPS) is 14.2. The Bertz CT molecular complexity index is 1190. The van der Waals surface area contributed by atoms with Crippen molar-refractivity contribution in [1.82, 2.24) is 5.32 Å². The Morgan fingerprint density at radius 2 is 1.21 bits per heavy atom. The zero-order chi connectivity index (χ0) is 23.5. The first-order valence-electron chi connectivity index (χ1n) is 10.8. The Kier molecular flexibility index (Phi) is 6.18. The number of amides is 2. The molecule has 4 rings (SSSR count). The molecule has 0 saturated heterocycles. The van der Waals surface area contributed by atoms with Gasteiger partial charge in [0.15, 0.2) is 0 Å². The summed E-state index contributed by atoms with van der Waals surface area (Å²) in [6.45, 7) is 7.54. The van der Waals surface area contributed by atoms with E-state index in [2.05, 4.69) is 16.0 Å². The van der Waals surface area contributed by atoms with Crippen molar-refractivity contribution in [3.8, 4) is 0 Å². The molecule has 3 N–H and O–H groups in total. The molecule has 33 heavy (non-hydrogen) atoms. The Labute approximate surface area is 193 Å². The minimum atomic E-state index is -0.658. The fourth-order valence-corrected chi connectivity index (χ4v) is 4.14. The number of nitrogens with one attached hydrogen (secondary N) is 3. The molecule has 2 aromatic carbocycles. The van der Waals surface area contributed by atoms with Gasteiger partial charge in [-0.05, 0) is 63.1 Å². The Morgan fingerprint density at radius 3 is 1.64 bits per heavy atom. The first kappa shape index (κ1) is 22.1. The van der Waals surface area contributed by atoms with E-state index in [1.165, 1.54) is 0 Å². The summed E-state index contributed by atoms with van der Waals surface area (Å²) < 4.78 is 5.72. The highest BCUT2D eigenvalue weighted by Gasteiger charge is 2.38. The highest BCUT2D eigenvalue weighted by Crippen LogP contribution is 2.39. The standard InChI is InChI=1S/C27H27N3O3/c1-16-10-5-7-12-20(16)29-26(31)23-18(3)28-19(4)24(25(23)22-14-9-15-33-22)27(32)30-21-13-8-6-11-17(21)2/h5-15,25,28H,1-4H3,(H,29,31)(H,30,32). The number of dihydropyridines is 1. The molecular formula is C27H27N3O3. The molecule has 0 bridgehead atoms. The molecular weight excluding hydrogens is 414 g/mol. The van der Waals surface area contributed by atoms with Crippen LogP contribution in [-0.2, 0) is 9.59 Å². The molecule has 0 aliphatic carbocycles. The van der Waals surface area contributed by atoms with Gasteiger partial charge in [-0.3, -0.25) is 9.59 Å². The smallest absolute Gasteiger partial charge is 0.254 e. The molecule has 2 amide bonds. The monoisotopic (exact) mass is 441 g/mol. The lowest BCUT2D eigenvalue weighted by Crippen LogP contribution is -2.35. The van der Waals surface area contributed by atoms with Gasteiger partial charge in [0.2, 0.25) is 0 Å². The third-order valence-electron chi connectivity index (χ3n) is 5.86. The van der Waals surface area contributed by atoms with Crippen LogP contribution in [0.1, 0.15) is 36.7 Å². The summed E-state index contributed by atoms with van der Waals surface area (Å²) in [6.07, 6.45) is 1.55. The number of furan rings is 1. The molecule has 1 aromatic heterocycles. The molecule has 0 unspecified atom stereocenters. The number of carbonyl (C=O) groups is 2. The van der Waals surface area contributed by atoms with Crippen LogP contribution in [0.5, 0.6) is 0 Å². The number of allylic oxidation sites excluding steroid dienone is 2. The van der Waals surface area contributed by atoms with Crippen molar-refractivity contribution in [2.75, 3.05) is 10.6 Å². The molecule has 0 atom stereocenters. The van der Waals surface area contributed by atoms with Crippen molar-refractivity contribution in [3.05, 3.63) is 106 Å². The van der Waals surface area contributed by atoms with Crippen molar-refractivity contribution in [3.63, 3.8) is 0 Å². The van der Waals surface area contributed by atoms with E-state index in [4.69, 9.17) is 4.42 Å². The van der Waals surface area contributed by atoms with Gasteiger partial charge in [0.1, 0.15) is 5.76 Å². The third-order valence-corrected chi connectivity index (χ3v) is 5.86. The summed E-state index contributed by atoms with van der Waals surface area (Å²) in [7, 11) is 0. The second-order valence-electron chi connectivity index (χ2n) is 8.19. The predicted molar refractivity (Wildman–Crippen MR) is 130 cm³/mol.